The molecule has 1 aliphatic carbocycles. The van der Waals surface area contributed by atoms with Gasteiger partial charge in [0, 0.05) is 18.9 Å². The van der Waals surface area contributed by atoms with Crippen molar-refractivity contribution < 1.29 is 0 Å². The first kappa shape index (κ1) is 11.6. The van der Waals surface area contributed by atoms with Crippen molar-refractivity contribution >= 4 is 0 Å². The van der Waals surface area contributed by atoms with Crippen LogP contribution in [0, 0.1) is 5.92 Å². The molecule has 1 fully saturated rings. The summed E-state index contributed by atoms with van der Waals surface area (Å²) in [6.07, 6.45) is 12.5. The summed E-state index contributed by atoms with van der Waals surface area (Å²) < 4.78 is 1.98. The quantitative estimate of drug-likeness (QED) is 0.748. The van der Waals surface area contributed by atoms with E-state index in [1.165, 1.54) is 45.1 Å². The van der Waals surface area contributed by atoms with Crippen LogP contribution in [0.1, 0.15) is 38.5 Å². The molecule has 1 heterocycles. The highest BCUT2D eigenvalue weighted by molar-refractivity contribution is 4.77. The Labute approximate surface area is 98.2 Å². The fourth-order valence-electron chi connectivity index (χ4n) is 2.53. The first-order chi connectivity index (χ1) is 7.95. The minimum absolute atomic E-state index is 0.984. The lowest BCUT2D eigenvalue weighted by Gasteiger charge is -2.21. The van der Waals surface area contributed by atoms with Crippen LogP contribution in [0.2, 0.25) is 0 Å². The Kier molecular flexibility index (Phi) is 4.87. The van der Waals surface area contributed by atoms with Crippen LogP contribution >= 0.6 is 0 Å². The molecule has 0 amide bonds. The van der Waals surface area contributed by atoms with E-state index in [0.717, 1.165) is 19.0 Å². The van der Waals surface area contributed by atoms with Crippen molar-refractivity contribution in [3.8, 4) is 0 Å². The third-order valence-electron chi connectivity index (χ3n) is 3.53. The van der Waals surface area contributed by atoms with E-state index >= 15 is 0 Å². The molecule has 1 saturated carbocycles. The van der Waals surface area contributed by atoms with Crippen LogP contribution in [-0.4, -0.2) is 22.9 Å². The summed E-state index contributed by atoms with van der Waals surface area (Å²) in [4.78, 5) is 0. The summed E-state index contributed by atoms with van der Waals surface area (Å²) >= 11 is 0. The highest BCUT2D eigenvalue weighted by Crippen LogP contribution is 2.25. The van der Waals surface area contributed by atoms with Crippen molar-refractivity contribution in [1.29, 1.82) is 0 Å². The van der Waals surface area contributed by atoms with Crippen LogP contribution in [0.5, 0.6) is 0 Å². The number of nitrogens with zero attached hydrogens (tertiary/aromatic N) is 2. The second kappa shape index (κ2) is 6.69. The number of aromatic nitrogens is 2. The van der Waals surface area contributed by atoms with E-state index in [1.807, 2.05) is 23.1 Å². The first-order valence-electron chi connectivity index (χ1n) is 6.63. The summed E-state index contributed by atoms with van der Waals surface area (Å²) in [5.74, 6) is 0.992. The third kappa shape index (κ3) is 3.97. The van der Waals surface area contributed by atoms with E-state index in [9.17, 15) is 0 Å². The van der Waals surface area contributed by atoms with Gasteiger partial charge in [-0.2, -0.15) is 5.10 Å². The van der Waals surface area contributed by atoms with Gasteiger partial charge < -0.3 is 5.32 Å². The van der Waals surface area contributed by atoms with Crippen molar-refractivity contribution in [2.24, 2.45) is 5.92 Å². The van der Waals surface area contributed by atoms with E-state index < -0.39 is 0 Å². The Balaban J connectivity index is 1.48. The molecule has 3 nitrogen and oxygen atoms in total. The lowest BCUT2D eigenvalue weighted by Crippen LogP contribution is -2.23. The second-order valence-electron chi connectivity index (χ2n) is 4.81. The van der Waals surface area contributed by atoms with Gasteiger partial charge in [0.1, 0.15) is 0 Å². The predicted molar refractivity (Wildman–Crippen MR) is 66.3 cm³/mol. The molecular weight excluding hydrogens is 198 g/mol. The zero-order valence-corrected chi connectivity index (χ0v) is 10.1. The smallest absolute Gasteiger partial charge is 0.0533 e. The van der Waals surface area contributed by atoms with Gasteiger partial charge in [-0.3, -0.25) is 4.68 Å². The maximum Gasteiger partial charge on any atom is 0.0533 e. The van der Waals surface area contributed by atoms with E-state index in [4.69, 9.17) is 0 Å². The molecule has 1 aliphatic rings. The maximum absolute atomic E-state index is 4.18. The van der Waals surface area contributed by atoms with E-state index in [1.54, 1.807) is 0 Å². The zero-order chi connectivity index (χ0) is 11.1. The van der Waals surface area contributed by atoms with Gasteiger partial charge in [-0.15, -0.1) is 0 Å². The van der Waals surface area contributed by atoms with Crippen LogP contribution in [0.15, 0.2) is 18.5 Å². The lowest BCUT2D eigenvalue weighted by atomic mass is 9.87. The number of rotatable bonds is 6. The van der Waals surface area contributed by atoms with Crippen LogP contribution in [-0.2, 0) is 6.54 Å². The summed E-state index contributed by atoms with van der Waals surface area (Å²) in [6.45, 7) is 3.19. The standard InChI is InChI=1S/C13H23N3/c1-2-5-13(6-3-1)7-9-14-10-12-16-11-4-8-15-16/h4,8,11,13-14H,1-3,5-7,9-10,12H2. The highest BCUT2D eigenvalue weighted by Gasteiger charge is 2.12. The van der Waals surface area contributed by atoms with Crippen LogP contribution in [0.4, 0.5) is 0 Å². The second-order valence-corrected chi connectivity index (χ2v) is 4.81. The number of hydrogen-bond donors (Lipinski definition) is 1. The molecule has 2 rings (SSSR count). The Morgan fingerprint density at radius 1 is 1.19 bits per heavy atom. The summed E-state index contributed by atoms with van der Waals surface area (Å²) in [7, 11) is 0. The van der Waals surface area contributed by atoms with Crippen LogP contribution < -0.4 is 5.32 Å². The van der Waals surface area contributed by atoms with E-state index in [0.29, 0.717) is 0 Å². The molecule has 0 aliphatic heterocycles. The molecule has 0 aromatic carbocycles. The van der Waals surface area contributed by atoms with Crippen molar-refractivity contribution in [1.82, 2.24) is 15.1 Å². The molecular formula is C13H23N3. The highest BCUT2D eigenvalue weighted by atomic mass is 15.3. The molecule has 0 unspecified atom stereocenters. The Morgan fingerprint density at radius 2 is 2.06 bits per heavy atom. The topological polar surface area (TPSA) is 29.9 Å². The SMILES string of the molecule is c1cnn(CCNCCC2CCCCC2)c1. The van der Waals surface area contributed by atoms with Gasteiger partial charge in [-0.05, 0) is 24.9 Å². The minimum atomic E-state index is 0.984. The summed E-state index contributed by atoms with van der Waals surface area (Å²) in [5, 5.41) is 7.69. The summed E-state index contributed by atoms with van der Waals surface area (Å²) in [6, 6.07) is 1.97. The fraction of sp³-hybridized carbons (Fsp3) is 0.769. The molecule has 1 N–H and O–H groups in total. The van der Waals surface area contributed by atoms with Crippen LogP contribution in [0.25, 0.3) is 0 Å². The van der Waals surface area contributed by atoms with Crippen LogP contribution in [0.3, 0.4) is 0 Å². The van der Waals surface area contributed by atoms with Gasteiger partial charge in [0.15, 0.2) is 0 Å². The molecule has 0 spiro atoms. The Hall–Kier alpha value is -0.830. The average molecular weight is 221 g/mol. The minimum Gasteiger partial charge on any atom is -0.315 e. The molecule has 0 saturated heterocycles. The Bertz CT molecular complexity index is 263. The fourth-order valence-corrected chi connectivity index (χ4v) is 2.53. The van der Waals surface area contributed by atoms with Gasteiger partial charge >= 0.3 is 0 Å². The van der Waals surface area contributed by atoms with Gasteiger partial charge in [0.2, 0.25) is 0 Å². The first-order valence-corrected chi connectivity index (χ1v) is 6.63. The van der Waals surface area contributed by atoms with Gasteiger partial charge in [-0.1, -0.05) is 32.1 Å². The molecule has 0 radical (unpaired) electrons. The van der Waals surface area contributed by atoms with E-state index in [-0.39, 0.29) is 0 Å². The third-order valence-corrected chi connectivity index (χ3v) is 3.53. The number of nitrogens with one attached hydrogen (secondary N) is 1. The monoisotopic (exact) mass is 221 g/mol. The normalized spacial score (nSPS) is 17.8. The molecule has 0 atom stereocenters. The molecule has 16 heavy (non-hydrogen) atoms. The number of hydrogen-bond acceptors (Lipinski definition) is 2. The van der Waals surface area contributed by atoms with Crippen molar-refractivity contribution in [3.63, 3.8) is 0 Å². The maximum atomic E-state index is 4.18. The largest absolute Gasteiger partial charge is 0.315 e. The van der Waals surface area contributed by atoms with Gasteiger partial charge in [0.25, 0.3) is 0 Å². The van der Waals surface area contributed by atoms with Crippen molar-refractivity contribution in [3.05, 3.63) is 18.5 Å². The van der Waals surface area contributed by atoms with E-state index in [2.05, 4.69) is 10.4 Å². The lowest BCUT2D eigenvalue weighted by molar-refractivity contribution is 0.333. The van der Waals surface area contributed by atoms with Crippen molar-refractivity contribution in [2.75, 3.05) is 13.1 Å². The van der Waals surface area contributed by atoms with Gasteiger partial charge in [-0.25, -0.2) is 0 Å². The Morgan fingerprint density at radius 3 is 2.81 bits per heavy atom. The molecule has 1 aromatic heterocycles. The summed E-state index contributed by atoms with van der Waals surface area (Å²) in [5.41, 5.74) is 0. The molecule has 1 aromatic rings. The average Bonchev–Trinajstić information content (AvgIpc) is 2.83. The predicted octanol–water partition coefficient (Wildman–Crippen LogP) is 2.44. The van der Waals surface area contributed by atoms with Crippen molar-refractivity contribution in [2.45, 2.75) is 45.1 Å². The molecule has 90 valence electrons. The molecule has 3 heteroatoms. The zero-order valence-electron chi connectivity index (χ0n) is 10.1. The molecule has 0 bridgehead atoms. The van der Waals surface area contributed by atoms with Gasteiger partial charge in [0.05, 0.1) is 6.54 Å².